The lowest BCUT2D eigenvalue weighted by Gasteiger charge is -2.23. The average molecular weight is 311 g/mol. The molecular weight excluding hydrogens is 286 g/mol. The predicted octanol–water partition coefficient (Wildman–Crippen LogP) is 1.11. The lowest BCUT2D eigenvalue weighted by atomic mass is 10.1. The fourth-order valence-corrected chi connectivity index (χ4v) is 3.71. The number of unbranched alkanes of at least 4 members (excludes halogenated alkanes) is 1. The van der Waals surface area contributed by atoms with Crippen LogP contribution < -0.4 is 10.6 Å². The fourth-order valence-electron chi connectivity index (χ4n) is 2.53. The van der Waals surface area contributed by atoms with Gasteiger partial charge in [0.1, 0.15) is 6.04 Å². The summed E-state index contributed by atoms with van der Waals surface area (Å²) >= 11 is 1.66. The summed E-state index contributed by atoms with van der Waals surface area (Å²) in [5, 5.41) is 6.25. The number of amides is 2. The third kappa shape index (κ3) is 4.74. The molecule has 2 amide bonds. The Morgan fingerprint density at radius 2 is 2.38 bits per heavy atom. The number of hydrogen-bond donors (Lipinski definition) is 2. The van der Waals surface area contributed by atoms with E-state index in [-0.39, 0.29) is 17.9 Å². The molecule has 1 saturated heterocycles. The van der Waals surface area contributed by atoms with Crippen LogP contribution in [0.15, 0.2) is 11.6 Å². The van der Waals surface area contributed by atoms with Gasteiger partial charge in [0, 0.05) is 25.3 Å². The summed E-state index contributed by atoms with van der Waals surface area (Å²) in [5.41, 5.74) is 1.27. The molecule has 0 bridgehead atoms. The van der Waals surface area contributed by atoms with Gasteiger partial charge in [0.05, 0.1) is 5.88 Å². The van der Waals surface area contributed by atoms with Crippen molar-refractivity contribution in [1.82, 2.24) is 15.5 Å². The molecule has 1 atom stereocenters. The Bertz CT molecular complexity index is 412. The molecule has 0 aromatic carbocycles. The van der Waals surface area contributed by atoms with Gasteiger partial charge < -0.3 is 15.5 Å². The van der Waals surface area contributed by atoms with Crippen LogP contribution >= 0.6 is 11.8 Å². The molecule has 21 heavy (non-hydrogen) atoms. The molecule has 1 unspecified atom stereocenters. The molecule has 0 radical (unpaired) electrons. The van der Waals surface area contributed by atoms with Crippen LogP contribution in [0.3, 0.4) is 0 Å². The number of nitrogens with one attached hydrogen (secondary N) is 2. The van der Waals surface area contributed by atoms with Crippen molar-refractivity contribution in [3.63, 3.8) is 0 Å². The van der Waals surface area contributed by atoms with E-state index in [1.807, 2.05) is 0 Å². The Morgan fingerprint density at radius 3 is 3.10 bits per heavy atom. The standard InChI is InChI=1S/C15H25N3O2S/c1-2-3-4-14(19)18-11-21-10-13(18)15(20)17-9-12-5-7-16-8-6-12/h5,13,16H,2-4,6-11H2,1H3,(H,17,20). The van der Waals surface area contributed by atoms with Crippen LogP contribution in [-0.2, 0) is 9.59 Å². The molecule has 0 aromatic rings. The van der Waals surface area contributed by atoms with Crippen LogP contribution in [-0.4, -0.2) is 54.0 Å². The summed E-state index contributed by atoms with van der Waals surface area (Å²) in [7, 11) is 0. The largest absolute Gasteiger partial charge is 0.351 e. The Balaban J connectivity index is 1.82. The SMILES string of the molecule is CCCCC(=O)N1CSCC1C(=O)NCC1=CCNCC1. The van der Waals surface area contributed by atoms with Gasteiger partial charge in [-0.15, -0.1) is 11.8 Å². The first-order valence-electron chi connectivity index (χ1n) is 7.76. The molecule has 2 rings (SSSR count). The Morgan fingerprint density at radius 1 is 1.52 bits per heavy atom. The van der Waals surface area contributed by atoms with Gasteiger partial charge in [-0.3, -0.25) is 9.59 Å². The minimum Gasteiger partial charge on any atom is -0.351 e. The van der Waals surface area contributed by atoms with Crippen LogP contribution in [0.25, 0.3) is 0 Å². The monoisotopic (exact) mass is 311 g/mol. The minimum absolute atomic E-state index is 0.00992. The van der Waals surface area contributed by atoms with Gasteiger partial charge in [0.25, 0.3) is 0 Å². The summed E-state index contributed by atoms with van der Waals surface area (Å²) in [6.45, 7) is 4.54. The number of thioether (sulfide) groups is 1. The second kappa shape index (κ2) is 8.44. The van der Waals surface area contributed by atoms with Gasteiger partial charge in [-0.05, 0) is 19.4 Å². The van der Waals surface area contributed by atoms with Crippen molar-refractivity contribution < 1.29 is 9.59 Å². The number of carbonyl (C=O) groups excluding carboxylic acids is 2. The van der Waals surface area contributed by atoms with E-state index < -0.39 is 0 Å². The van der Waals surface area contributed by atoms with Crippen LogP contribution in [0.1, 0.15) is 32.6 Å². The normalized spacial score (nSPS) is 22.0. The van der Waals surface area contributed by atoms with Gasteiger partial charge >= 0.3 is 0 Å². The van der Waals surface area contributed by atoms with Crippen LogP contribution in [0.4, 0.5) is 0 Å². The van der Waals surface area contributed by atoms with Gasteiger partial charge in [0.15, 0.2) is 0 Å². The number of rotatable bonds is 6. The van der Waals surface area contributed by atoms with Crippen molar-refractivity contribution in [2.75, 3.05) is 31.3 Å². The maximum atomic E-state index is 12.3. The van der Waals surface area contributed by atoms with Crippen molar-refractivity contribution in [3.05, 3.63) is 11.6 Å². The summed E-state index contributed by atoms with van der Waals surface area (Å²) in [4.78, 5) is 26.2. The summed E-state index contributed by atoms with van der Waals surface area (Å²) in [6.07, 6.45) is 5.58. The molecule has 0 aromatic heterocycles. The Labute approximate surface area is 130 Å². The second-order valence-corrected chi connectivity index (χ2v) is 6.52. The highest BCUT2D eigenvalue weighted by atomic mass is 32.2. The summed E-state index contributed by atoms with van der Waals surface area (Å²) in [6, 6.07) is -0.290. The summed E-state index contributed by atoms with van der Waals surface area (Å²) in [5.74, 6) is 1.46. The van der Waals surface area contributed by atoms with Crippen molar-refractivity contribution in [3.8, 4) is 0 Å². The van der Waals surface area contributed by atoms with E-state index in [2.05, 4.69) is 23.6 Å². The molecule has 2 heterocycles. The predicted molar refractivity (Wildman–Crippen MR) is 86.1 cm³/mol. The van der Waals surface area contributed by atoms with E-state index in [0.717, 1.165) is 32.4 Å². The molecule has 2 N–H and O–H groups in total. The van der Waals surface area contributed by atoms with Crippen LogP contribution in [0.5, 0.6) is 0 Å². The third-order valence-corrected chi connectivity index (χ3v) is 4.91. The Kier molecular flexibility index (Phi) is 6.57. The molecule has 2 aliphatic rings. The molecule has 5 nitrogen and oxygen atoms in total. The zero-order valence-electron chi connectivity index (χ0n) is 12.7. The molecule has 0 spiro atoms. The second-order valence-electron chi connectivity index (χ2n) is 5.52. The lowest BCUT2D eigenvalue weighted by Crippen LogP contribution is -2.47. The fraction of sp³-hybridized carbons (Fsp3) is 0.733. The van der Waals surface area contributed by atoms with E-state index in [4.69, 9.17) is 0 Å². The number of carbonyl (C=O) groups is 2. The smallest absolute Gasteiger partial charge is 0.243 e. The molecule has 0 aliphatic carbocycles. The van der Waals surface area contributed by atoms with Gasteiger partial charge in [0.2, 0.25) is 11.8 Å². The number of hydrogen-bond acceptors (Lipinski definition) is 4. The topological polar surface area (TPSA) is 61.4 Å². The van der Waals surface area contributed by atoms with E-state index >= 15 is 0 Å². The minimum atomic E-state index is -0.290. The molecule has 0 saturated carbocycles. The molecule has 2 aliphatic heterocycles. The zero-order valence-corrected chi connectivity index (χ0v) is 13.5. The molecule has 6 heteroatoms. The zero-order chi connectivity index (χ0) is 15.1. The van der Waals surface area contributed by atoms with E-state index in [0.29, 0.717) is 24.6 Å². The third-order valence-electron chi connectivity index (χ3n) is 3.90. The number of nitrogens with zero attached hydrogens (tertiary/aromatic N) is 1. The maximum Gasteiger partial charge on any atom is 0.243 e. The van der Waals surface area contributed by atoms with E-state index in [1.165, 1.54) is 5.57 Å². The van der Waals surface area contributed by atoms with Gasteiger partial charge in [-0.2, -0.15) is 0 Å². The summed E-state index contributed by atoms with van der Waals surface area (Å²) < 4.78 is 0. The molecule has 118 valence electrons. The first-order chi connectivity index (χ1) is 10.2. The first kappa shape index (κ1) is 16.4. The highest BCUT2D eigenvalue weighted by Gasteiger charge is 2.33. The Hall–Kier alpha value is -1.01. The molecular formula is C15H25N3O2S. The molecule has 1 fully saturated rings. The average Bonchev–Trinajstić information content (AvgIpc) is 3.01. The first-order valence-corrected chi connectivity index (χ1v) is 8.91. The van der Waals surface area contributed by atoms with Crippen molar-refractivity contribution in [2.45, 2.75) is 38.6 Å². The van der Waals surface area contributed by atoms with Gasteiger partial charge in [-0.25, -0.2) is 0 Å². The highest BCUT2D eigenvalue weighted by Crippen LogP contribution is 2.22. The van der Waals surface area contributed by atoms with Crippen molar-refractivity contribution in [2.24, 2.45) is 0 Å². The van der Waals surface area contributed by atoms with Crippen LogP contribution in [0, 0.1) is 0 Å². The highest BCUT2D eigenvalue weighted by molar-refractivity contribution is 7.99. The quantitative estimate of drug-likeness (QED) is 0.722. The van der Waals surface area contributed by atoms with E-state index in [9.17, 15) is 9.59 Å². The van der Waals surface area contributed by atoms with E-state index in [1.54, 1.807) is 16.7 Å². The van der Waals surface area contributed by atoms with Crippen molar-refractivity contribution >= 4 is 23.6 Å². The van der Waals surface area contributed by atoms with Crippen LogP contribution in [0.2, 0.25) is 0 Å². The van der Waals surface area contributed by atoms with Gasteiger partial charge in [-0.1, -0.05) is 25.0 Å². The maximum absolute atomic E-state index is 12.3. The van der Waals surface area contributed by atoms with Crippen molar-refractivity contribution in [1.29, 1.82) is 0 Å². The lowest BCUT2D eigenvalue weighted by molar-refractivity contribution is -0.138.